The van der Waals surface area contributed by atoms with Crippen molar-refractivity contribution in [2.24, 2.45) is 5.92 Å². The second-order valence-corrected chi connectivity index (χ2v) is 5.37. The number of rotatable bonds is 3. The fraction of sp³-hybridized carbons (Fsp3) is 0.583. The number of hydrogen-bond acceptors (Lipinski definition) is 3. The molecule has 1 aliphatic rings. The minimum Gasteiger partial charge on any atom is -0.481 e. The lowest BCUT2D eigenvalue weighted by Crippen LogP contribution is -2.42. The van der Waals surface area contributed by atoms with E-state index in [4.69, 9.17) is 9.52 Å². The first-order valence-corrected chi connectivity index (χ1v) is 6.56. The van der Waals surface area contributed by atoms with Gasteiger partial charge < -0.3 is 9.52 Å². The van der Waals surface area contributed by atoms with Crippen molar-refractivity contribution >= 4 is 21.9 Å². The van der Waals surface area contributed by atoms with E-state index in [1.54, 1.807) is 0 Å². The monoisotopic (exact) mass is 301 g/mol. The lowest BCUT2D eigenvalue weighted by molar-refractivity contribution is -0.144. The number of piperidine rings is 1. The fourth-order valence-corrected chi connectivity index (χ4v) is 2.66. The Labute approximate surface area is 109 Å². The Bertz CT molecular complexity index is 404. The first kappa shape index (κ1) is 12.6. The van der Waals surface area contributed by atoms with Crippen LogP contribution in [-0.4, -0.2) is 28.6 Å². The Morgan fingerprint density at radius 2 is 2.41 bits per heavy atom. The van der Waals surface area contributed by atoms with E-state index in [1.165, 1.54) is 0 Å². The van der Waals surface area contributed by atoms with E-state index in [0.29, 0.717) is 0 Å². The maximum atomic E-state index is 10.9. The van der Waals surface area contributed by atoms with E-state index >= 15 is 0 Å². The predicted molar refractivity (Wildman–Crippen MR) is 66.6 cm³/mol. The van der Waals surface area contributed by atoms with Crippen LogP contribution in [-0.2, 0) is 11.3 Å². The van der Waals surface area contributed by atoms with Crippen LogP contribution in [0.3, 0.4) is 0 Å². The number of carboxylic acids is 1. The summed E-state index contributed by atoms with van der Waals surface area (Å²) in [5.74, 6) is 0.0549. The highest BCUT2D eigenvalue weighted by molar-refractivity contribution is 9.10. The van der Waals surface area contributed by atoms with Gasteiger partial charge in [0.05, 0.1) is 12.5 Å². The smallest absolute Gasteiger partial charge is 0.306 e. The van der Waals surface area contributed by atoms with Crippen LogP contribution in [0.25, 0.3) is 0 Å². The van der Waals surface area contributed by atoms with Crippen LogP contribution in [0.15, 0.2) is 21.2 Å². The second-order valence-electron chi connectivity index (χ2n) is 4.58. The standard InChI is InChI=1S/C12H16BrNO3/c1-8-6-9(12(15)16)4-5-14(8)7-10-2-3-11(13)17-10/h2-3,8-9H,4-7H2,1H3,(H,15,16). The molecule has 2 atom stereocenters. The van der Waals surface area contributed by atoms with Gasteiger partial charge in [-0.25, -0.2) is 0 Å². The Morgan fingerprint density at radius 1 is 1.65 bits per heavy atom. The molecule has 2 heterocycles. The molecular weight excluding hydrogens is 286 g/mol. The zero-order chi connectivity index (χ0) is 12.4. The van der Waals surface area contributed by atoms with Gasteiger partial charge in [0, 0.05) is 6.04 Å². The number of carboxylic acid groups (broad SMARTS) is 1. The summed E-state index contributed by atoms with van der Waals surface area (Å²) in [5, 5.41) is 8.99. The third-order valence-corrected chi connectivity index (χ3v) is 3.78. The minimum absolute atomic E-state index is 0.190. The van der Waals surface area contributed by atoms with Crippen LogP contribution in [0, 0.1) is 5.92 Å². The SMILES string of the molecule is CC1CC(C(=O)O)CCN1Cc1ccc(Br)o1. The van der Waals surface area contributed by atoms with Gasteiger partial charge in [-0.05, 0) is 54.4 Å². The quantitative estimate of drug-likeness (QED) is 0.933. The summed E-state index contributed by atoms with van der Waals surface area (Å²) in [6.07, 6.45) is 1.44. The van der Waals surface area contributed by atoms with Crippen molar-refractivity contribution < 1.29 is 14.3 Å². The molecule has 2 unspecified atom stereocenters. The second kappa shape index (κ2) is 5.23. The molecule has 1 aromatic rings. The summed E-state index contributed by atoms with van der Waals surface area (Å²) in [5.41, 5.74) is 0. The van der Waals surface area contributed by atoms with E-state index in [9.17, 15) is 4.79 Å². The molecule has 2 rings (SSSR count). The lowest BCUT2D eigenvalue weighted by Gasteiger charge is -2.35. The normalized spacial score (nSPS) is 26.0. The van der Waals surface area contributed by atoms with Crippen molar-refractivity contribution in [3.05, 3.63) is 22.6 Å². The van der Waals surface area contributed by atoms with Crippen LogP contribution in [0.2, 0.25) is 0 Å². The maximum absolute atomic E-state index is 10.9. The van der Waals surface area contributed by atoms with Gasteiger partial charge in [-0.3, -0.25) is 9.69 Å². The van der Waals surface area contributed by atoms with Crippen LogP contribution in [0.4, 0.5) is 0 Å². The van der Waals surface area contributed by atoms with Crippen molar-refractivity contribution in [1.29, 1.82) is 0 Å². The molecule has 0 radical (unpaired) electrons. The van der Waals surface area contributed by atoms with E-state index < -0.39 is 5.97 Å². The number of likely N-dealkylation sites (tertiary alicyclic amines) is 1. The van der Waals surface area contributed by atoms with Crippen LogP contribution in [0.5, 0.6) is 0 Å². The molecule has 1 aromatic heterocycles. The Balaban J connectivity index is 1.93. The molecule has 0 bridgehead atoms. The van der Waals surface area contributed by atoms with Crippen molar-refractivity contribution in [1.82, 2.24) is 4.90 Å². The molecule has 0 saturated carbocycles. The summed E-state index contributed by atoms with van der Waals surface area (Å²) >= 11 is 3.28. The van der Waals surface area contributed by atoms with Crippen molar-refractivity contribution in [3.63, 3.8) is 0 Å². The summed E-state index contributed by atoms with van der Waals surface area (Å²) in [6, 6.07) is 4.11. The van der Waals surface area contributed by atoms with E-state index in [2.05, 4.69) is 27.8 Å². The number of carbonyl (C=O) groups is 1. The topological polar surface area (TPSA) is 53.7 Å². The third kappa shape index (κ3) is 3.10. The predicted octanol–water partition coefficient (Wildman–Crippen LogP) is 2.73. The maximum Gasteiger partial charge on any atom is 0.306 e. The molecule has 1 aliphatic heterocycles. The van der Waals surface area contributed by atoms with Gasteiger partial charge in [0.2, 0.25) is 0 Å². The molecule has 0 aliphatic carbocycles. The van der Waals surface area contributed by atoms with Gasteiger partial charge in [0.25, 0.3) is 0 Å². The average molecular weight is 302 g/mol. The van der Waals surface area contributed by atoms with Crippen molar-refractivity contribution in [3.8, 4) is 0 Å². The van der Waals surface area contributed by atoms with Gasteiger partial charge in [0.15, 0.2) is 4.67 Å². The summed E-state index contributed by atoms with van der Waals surface area (Å²) in [6.45, 7) is 3.64. The van der Waals surface area contributed by atoms with E-state index in [1.807, 2.05) is 12.1 Å². The zero-order valence-electron chi connectivity index (χ0n) is 9.73. The molecule has 1 fully saturated rings. The van der Waals surface area contributed by atoms with E-state index in [0.717, 1.165) is 36.4 Å². The van der Waals surface area contributed by atoms with Gasteiger partial charge in [-0.1, -0.05) is 0 Å². The third-order valence-electron chi connectivity index (χ3n) is 3.35. The highest BCUT2D eigenvalue weighted by Gasteiger charge is 2.29. The number of aliphatic carboxylic acids is 1. The van der Waals surface area contributed by atoms with Gasteiger partial charge in [0.1, 0.15) is 5.76 Å². The van der Waals surface area contributed by atoms with Gasteiger partial charge in [-0.15, -0.1) is 0 Å². The molecule has 0 amide bonds. The van der Waals surface area contributed by atoms with Crippen molar-refractivity contribution in [2.75, 3.05) is 6.54 Å². The molecule has 5 heteroatoms. The molecule has 17 heavy (non-hydrogen) atoms. The van der Waals surface area contributed by atoms with Crippen molar-refractivity contribution in [2.45, 2.75) is 32.4 Å². The first-order chi connectivity index (χ1) is 8.06. The summed E-state index contributed by atoms with van der Waals surface area (Å²) < 4.78 is 6.20. The van der Waals surface area contributed by atoms with E-state index in [-0.39, 0.29) is 12.0 Å². The summed E-state index contributed by atoms with van der Waals surface area (Å²) in [4.78, 5) is 13.2. The largest absolute Gasteiger partial charge is 0.481 e. The minimum atomic E-state index is -0.669. The molecular formula is C12H16BrNO3. The number of nitrogens with zero attached hydrogens (tertiary/aromatic N) is 1. The Kier molecular flexibility index (Phi) is 3.89. The summed E-state index contributed by atoms with van der Waals surface area (Å²) in [7, 11) is 0. The fourth-order valence-electron chi connectivity index (χ4n) is 2.32. The Morgan fingerprint density at radius 3 is 2.94 bits per heavy atom. The molecule has 0 spiro atoms. The number of halogens is 1. The average Bonchev–Trinajstić information content (AvgIpc) is 2.67. The highest BCUT2D eigenvalue weighted by Crippen LogP contribution is 2.25. The van der Waals surface area contributed by atoms with Gasteiger partial charge >= 0.3 is 5.97 Å². The molecule has 1 N–H and O–H groups in total. The zero-order valence-corrected chi connectivity index (χ0v) is 11.3. The highest BCUT2D eigenvalue weighted by atomic mass is 79.9. The number of hydrogen-bond donors (Lipinski definition) is 1. The molecule has 0 aromatic carbocycles. The molecule has 94 valence electrons. The van der Waals surface area contributed by atoms with Crippen LogP contribution in [0.1, 0.15) is 25.5 Å². The van der Waals surface area contributed by atoms with Crippen LogP contribution >= 0.6 is 15.9 Å². The van der Waals surface area contributed by atoms with Gasteiger partial charge in [-0.2, -0.15) is 0 Å². The molecule has 4 nitrogen and oxygen atoms in total. The Hall–Kier alpha value is -0.810. The number of furan rings is 1. The van der Waals surface area contributed by atoms with Crippen LogP contribution < -0.4 is 0 Å². The lowest BCUT2D eigenvalue weighted by atomic mass is 9.92. The first-order valence-electron chi connectivity index (χ1n) is 5.77. The molecule has 1 saturated heterocycles.